The van der Waals surface area contributed by atoms with Gasteiger partial charge in [0.05, 0.1) is 6.54 Å². The van der Waals surface area contributed by atoms with Crippen LogP contribution in [-0.2, 0) is 0 Å². The summed E-state index contributed by atoms with van der Waals surface area (Å²) in [6, 6.07) is 0. The first kappa shape index (κ1) is 22.7. The Bertz CT molecular complexity index is 811. The summed E-state index contributed by atoms with van der Waals surface area (Å²) in [5.41, 5.74) is 6.26. The summed E-state index contributed by atoms with van der Waals surface area (Å²) < 4.78 is 0. The Balaban J connectivity index is 1.25. The minimum atomic E-state index is 0.470. The summed E-state index contributed by atoms with van der Waals surface area (Å²) in [7, 11) is 2.16. The van der Waals surface area contributed by atoms with Crippen LogP contribution in [-0.4, -0.2) is 43.8 Å². The fraction of sp³-hybridized carbons (Fsp3) is 0.828. The molecule has 32 heavy (non-hydrogen) atoms. The molecule has 0 aromatic rings. The van der Waals surface area contributed by atoms with Crippen molar-refractivity contribution >= 4 is 5.71 Å². The zero-order chi connectivity index (χ0) is 22.6. The minimum absolute atomic E-state index is 0.470. The minimum Gasteiger partial charge on any atom is -0.376 e. The van der Waals surface area contributed by atoms with Crippen molar-refractivity contribution in [1.29, 1.82) is 0 Å². The highest BCUT2D eigenvalue weighted by Crippen LogP contribution is 2.91. The first-order chi connectivity index (χ1) is 15.4. The summed E-state index contributed by atoms with van der Waals surface area (Å²) >= 11 is 0. The highest BCUT2D eigenvalue weighted by atomic mass is 15.1. The number of fused-ring (bicyclic) bond motifs is 1. The number of nitrogens with one attached hydrogen (secondary N) is 1. The number of allylic oxidation sites excluding steroid dienone is 2. The second-order valence-corrected chi connectivity index (χ2v) is 12.1. The van der Waals surface area contributed by atoms with Gasteiger partial charge in [0, 0.05) is 42.9 Å². The lowest BCUT2D eigenvalue weighted by Gasteiger charge is -2.45. The van der Waals surface area contributed by atoms with E-state index >= 15 is 0 Å². The van der Waals surface area contributed by atoms with Crippen molar-refractivity contribution < 1.29 is 0 Å². The standard InChI is InChI=1S/C29H47N3/c1-6-17-30-18-19-32(5)21(2)20-31-22(3)24-10-11-25-27(24,4)15-13-26-28-14-8-7-9-23(28)12-16-29(25,26)28/h9,24-26,30H,2,6-8,10-20H2,1,3-5H3. The fourth-order valence-corrected chi connectivity index (χ4v) is 9.67. The van der Waals surface area contributed by atoms with Crippen LogP contribution in [0.4, 0.5) is 0 Å². The Morgan fingerprint density at radius 2 is 2.03 bits per heavy atom. The van der Waals surface area contributed by atoms with E-state index in [-0.39, 0.29) is 0 Å². The molecule has 178 valence electrons. The van der Waals surface area contributed by atoms with Gasteiger partial charge in [-0.1, -0.05) is 32.1 Å². The maximum atomic E-state index is 5.15. The summed E-state index contributed by atoms with van der Waals surface area (Å²) in [6.07, 6.45) is 16.8. The quantitative estimate of drug-likeness (QED) is 0.263. The van der Waals surface area contributed by atoms with Crippen molar-refractivity contribution in [3.05, 3.63) is 23.9 Å². The van der Waals surface area contributed by atoms with E-state index in [1.165, 1.54) is 69.9 Å². The van der Waals surface area contributed by atoms with Crippen molar-refractivity contribution in [3.63, 3.8) is 0 Å². The van der Waals surface area contributed by atoms with Crippen LogP contribution in [0.5, 0.6) is 0 Å². The lowest BCUT2D eigenvalue weighted by Crippen LogP contribution is -2.40. The third kappa shape index (κ3) is 3.05. The predicted octanol–water partition coefficient (Wildman–Crippen LogP) is 6.23. The van der Waals surface area contributed by atoms with Gasteiger partial charge in [0.1, 0.15) is 0 Å². The van der Waals surface area contributed by atoms with Gasteiger partial charge < -0.3 is 10.2 Å². The molecule has 6 unspecified atom stereocenters. The Morgan fingerprint density at radius 1 is 1.19 bits per heavy atom. The fourth-order valence-electron chi connectivity index (χ4n) is 9.67. The second kappa shape index (κ2) is 8.29. The average molecular weight is 438 g/mol. The van der Waals surface area contributed by atoms with E-state index in [1.54, 1.807) is 0 Å². The Hall–Kier alpha value is -1.09. The molecule has 3 heteroatoms. The zero-order valence-electron chi connectivity index (χ0n) is 21.3. The van der Waals surface area contributed by atoms with Crippen LogP contribution >= 0.6 is 0 Å². The number of nitrogens with zero attached hydrogens (tertiary/aromatic N) is 2. The third-order valence-electron chi connectivity index (χ3n) is 11.0. The smallest absolute Gasteiger partial charge is 0.0781 e. The van der Waals surface area contributed by atoms with Gasteiger partial charge in [-0.25, -0.2) is 0 Å². The Morgan fingerprint density at radius 3 is 2.84 bits per heavy atom. The zero-order valence-corrected chi connectivity index (χ0v) is 21.3. The van der Waals surface area contributed by atoms with Gasteiger partial charge in [-0.3, -0.25) is 4.99 Å². The molecule has 0 radical (unpaired) electrons. The SMILES string of the molecule is C=C(CN=C(C)C1CCC2C1(C)CCC1C34CCCC=C3CCC214)N(C)CCNCCC. The number of likely N-dealkylation sites (N-methyl/N-ethyl adjacent to an activating group) is 1. The largest absolute Gasteiger partial charge is 0.376 e. The van der Waals surface area contributed by atoms with Crippen molar-refractivity contribution in [2.24, 2.45) is 39.0 Å². The van der Waals surface area contributed by atoms with Crippen molar-refractivity contribution in [3.8, 4) is 0 Å². The van der Waals surface area contributed by atoms with Crippen LogP contribution in [0.15, 0.2) is 28.9 Å². The number of aliphatic imine (C=N–C) groups is 1. The van der Waals surface area contributed by atoms with Crippen LogP contribution in [0.2, 0.25) is 0 Å². The highest BCUT2D eigenvalue weighted by Gasteiger charge is 2.84. The molecule has 3 nitrogen and oxygen atoms in total. The van der Waals surface area contributed by atoms with E-state index < -0.39 is 0 Å². The van der Waals surface area contributed by atoms with E-state index in [0.717, 1.165) is 43.7 Å². The van der Waals surface area contributed by atoms with E-state index in [1.807, 2.05) is 5.57 Å². The van der Waals surface area contributed by atoms with Crippen LogP contribution in [0.1, 0.15) is 85.0 Å². The molecule has 4 fully saturated rings. The molecule has 0 bridgehead atoms. The third-order valence-corrected chi connectivity index (χ3v) is 11.0. The van der Waals surface area contributed by atoms with Crippen LogP contribution in [0.3, 0.4) is 0 Å². The molecule has 0 aromatic heterocycles. The molecule has 0 heterocycles. The Labute approximate surface area is 197 Å². The molecule has 0 amide bonds. The first-order valence-corrected chi connectivity index (χ1v) is 13.7. The molecular formula is C29H47N3. The van der Waals surface area contributed by atoms with Crippen LogP contribution in [0.25, 0.3) is 0 Å². The van der Waals surface area contributed by atoms with Crippen molar-refractivity contribution in [1.82, 2.24) is 10.2 Å². The topological polar surface area (TPSA) is 27.6 Å². The number of rotatable bonds is 9. The van der Waals surface area contributed by atoms with Gasteiger partial charge in [-0.05, 0) is 100 Å². The molecule has 1 N–H and O–H groups in total. The van der Waals surface area contributed by atoms with Gasteiger partial charge in [-0.15, -0.1) is 0 Å². The molecule has 5 aliphatic rings. The van der Waals surface area contributed by atoms with E-state index in [4.69, 9.17) is 4.99 Å². The molecular weight excluding hydrogens is 390 g/mol. The van der Waals surface area contributed by atoms with Crippen LogP contribution < -0.4 is 5.32 Å². The molecule has 5 aliphatic carbocycles. The van der Waals surface area contributed by atoms with Gasteiger partial charge in [-0.2, -0.15) is 0 Å². The van der Waals surface area contributed by atoms with Crippen molar-refractivity contribution in [2.75, 3.05) is 33.2 Å². The lowest BCUT2D eigenvalue weighted by atomic mass is 9.59. The molecule has 5 rings (SSSR count). The van der Waals surface area contributed by atoms with Gasteiger partial charge in [0.2, 0.25) is 0 Å². The first-order valence-electron chi connectivity index (χ1n) is 13.7. The van der Waals surface area contributed by atoms with Gasteiger partial charge in [0.25, 0.3) is 0 Å². The summed E-state index contributed by atoms with van der Waals surface area (Å²) in [5, 5.41) is 3.49. The summed E-state index contributed by atoms with van der Waals surface area (Å²) in [5.74, 6) is 2.64. The van der Waals surface area contributed by atoms with Gasteiger partial charge >= 0.3 is 0 Å². The number of hydrogen-bond acceptors (Lipinski definition) is 3. The molecule has 0 saturated heterocycles. The predicted molar refractivity (Wildman–Crippen MR) is 136 cm³/mol. The summed E-state index contributed by atoms with van der Waals surface area (Å²) in [6.45, 7) is 15.5. The van der Waals surface area contributed by atoms with E-state index in [9.17, 15) is 0 Å². The Kier molecular flexibility index (Phi) is 5.88. The van der Waals surface area contributed by atoms with Crippen molar-refractivity contribution in [2.45, 2.75) is 85.0 Å². The number of hydrogen-bond donors (Lipinski definition) is 1. The molecule has 6 atom stereocenters. The van der Waals surface area contributed by atoms with E-state index in [2.05, 4.69) is 50.7 Å². The average Bonchev–Trinajstić information content (AvgIpc) is 3.04. The monoisotopic (exact) mass is 437 g/mol. The maximum Gasteiger partial charge on any atom is 0.0781 e. The maximum absolute atomic E-state index is 5.15. The van der Waals surface area contributed by atoms with Gasteiger partial charge in [0.15, 0.2) is 0 Å². The molecule has 0 aromatic carbocycles. The molecule has 0 aliphatic heterocycles. The summed E-state index contributed by atoms with van der Waals surface area (Å²) in [4.78, 5) is 7.44. The van der Waals surface area contributed by atoms with Crippen LogP contribution in [0, 0.1) is 34.0 Å². The van der Waals surface area contributed by atoms with E-state index in [0.29, 0.717) is 22.2 Å². The molecule has 4 saturated carbocycles. The lowest BCUT2D eigenvalue weighted by molar-refractivity contribution is 0.0524. The highest BCUT2D eigenvalue weighted by molar-refractivity contribution is 5.85. The normalized spacial score (nSPS) is 41.9. The second-order valence-electron chi connectivity index (χ2n) is 12.1. The molecule has 2 spiro atoms.